The first-order valence-corrected chi connectivity index (χ1v) is 4.78. The van der Waals surface area contributed by atoms with Crippen molar-refractivity contribution in [3.05, 3.63) is 0 Å². The van der Waals surface area contributed by atoms with E-state index in [9.17, 15) is 18.4 Å². The van der Waals surface area contributed by atoms with Crippen LogP contribution in [0.2, 0.25) is 0 Å². The van der Waals surface area contributed by atoms with Crippen LogP contribution >= 0.6 is 11.8 Å². The van der Waals surface area contributed by atoms with Crippen LogP contribution in [0.15, 0.2) is 0 Å². The average Bonchev–Trinajstić information content (AvgIpc) is 2.54. The molecule has 1 unspecified atom stereocenters. The zero-order valence-corrected chi connectivity index (χ0v) is 7.44. The van der Waals surface area contributed by atoms with E-state index < -0.39 is 22.9 Å². The van der Waals surface area contributed by atoms with E-state index in [4.69, 9.17) is 5.11 Å². The molecule has 74 valence electrons. The normalized spacial score (nSPS) is 23.1. The lowest BCUT2D eigenvalue weighted by Gasteiger charge is -2.13. The Hall–Kier alpha value is -0.650. The standard InChI is InChI=1S/C7H8F2O3S/c8-7(9,6(11)12)5(10)4-2-1-3-13-4/h4H,1-3H2,(H,11,12). The maximum absolute atomic E-state index is 12.6. The highest BCUT2D eigenvalue weighted by Crippen LogP contribution is 2.32. The third-order valence-electron chi connectivity index (χ3n) is 1.80. The van der Waals surface area contributed by atoms with E-state index in [0.717, 1.165) is 11.8 Å². The van der Waals surface area contributed by atoms with Gasteiger partial charge in [0.2, 0.25) is 5.78 Å². The topological polar surface area (TPSA) is 54.4 Å². The summed E-state index contributed by atoms with van der Waals surface area (Å²) in [7, 11) is 0. The number of halogens is 2. The Morgan fingerprint density at radius 3 is 2.46 bits per heavy atom. The van der Waals surface area contributed by atoms with Crippen molar-refractivity contribution in [3.63, 3.8) is 0 Å². The minimum atomic E-state index is -4.22. The number of ketones is 1. The van der Waals surface area contributed by atoms with Gasteiger partial charge in [-0.1, -0.05) is 0 Å². The molecule has 0 aromatic rings. The van der Waals surface area contributed by atoms with Gasteiger partial charge in [0, 0.05) is 0 Å². The predicted octanol–water partition coefficient (Wildman–Crippen LogP) is 1.17. The highest BCUT2D eigenvalue weighted by molar-refractivity contribution is 8.00. The molecule has 1 atom stereocenters. The predicted molar refractivity (Wildman–Crippen MR) is 43.1 cm³/mol. The largest absolute Gasteiger partial charge is 0.476 e. The number of carboxylic acid groups (broad SMARTS) is 1. The Labute approximate surface area is 77.5 Å². The molecule has 0 aromatic carbocycles. The lowest BCUT2D eigenvalue weighted by molar-refractivity contribution is -0.171. The summed E-state index contributed by atoms with van der Waals surface area (Å²) >= 11 is 1.10. The molecule has 0 amide bonds. The second-order valence-electron chi connectivity index (χ2n) is 2.75. The first-order valence-electron chi connectivity index (χ1n) is 3.73. The Morgan fingerprint density at radius 2 is 2.08 bits per heavy atom. The fraction of sp³-hybridized carbons (Fsp3) is 0.714. The molecule has 6 heteroatoms. The molecular weight excluding hydrogens is 202 g/mol. The van der Waals surface area contributed by atoms with Crippen LogP contribution < -0.4 is 0 Å². The molecule has 1 rings (SSSR count). The first kappa shape index (κ1) is 10.4. The smallest absolute Gasteiger partial charge is 0.400 e. The van der Waals surface area contributed by atoms with Gasteiger partial charge in [0.15, 0.2) is 0 Å². The van der Waals surface area contributed by atoms with Crippen LogP contribution in [0, 0.1) is 0 Å². The minimum absolute atomic E-state index is 0.354. The van der Waals surface area contributed by atoms with Crippen LogP contribution in [-0.4, -0.2) is 33.8 Å². The highest BCUT2D eigenvalue weighted by atomic mass is 32.2. The molecule has 13 heavy (non-hydrogen) atoms. The van der Waals surface area contributed by atoms with E-state index in [0.29, 0.717) is 18.6 Å². The Morgan fingerprint density at radius 1 is 1.46 bits per heavy atom. The quantitative estimate of drug-likeness (QED) is 0.710. The van der Waals surface area contributed by atoms with Crippen LogP contribution in [0.4, 0.5) is 8.78 Å². The maximum Gasteiger partial charge on any atom is 0.400 e. The van der Waals surface area contributed by atoms with Gasteiger partial charge in [0.25, 0.3) is 0 Å². The molecule has 1 fully saturated rings. The molecule has 0 saturated carbocycles. The Bertz CT molecular complexity index is 236. The van der Waals surface area contributed by atoms with E-state index >= 15 is 0 Å². The molecule has 0 bridgehead atoms. The molecule has 0 spiro atoms. The molecule has 3 nitrogen and oxygen atoms in total. The summed E-state index contributed by atoms with van der Waals surface area (Å²) in [5.74, 6) is -7.40. The van der Waals surface area contributed by atoms with Crippen LogP contribution in [0.25, 0.3) is 0 Å². The number of carbonyl (C=O) groups is 2. The number of hydrogen-bond acceptors (Lipinski definition) is 3. The number of rotatable bonds is 3. The van der Waals surface area contributed by atoms with Gasteiger partial charge in [-0.15, -0.1) is 0 Å². The van der Waals surface area contributed by atoms with Gasteiger partial charge in [-0.25, -0.2) is 4.79 Å². The van der Waals surface area contributed by atoms with Crippen LogP contribution in [-0.2, 0) is 9.59 Å². The summed E-state index contributed by atoms with van der Waals surface area (Å²) in [4.78, 5) is 21.0. The third-order valence-corrected chi connectivity index (χ3v) is 3.18. The molecule has 0 radical (unpaired) electrons. The minimum Gasteiger partial charge on any atom is -0.476 e. The average molecular weight is 210 g/mol. The molecule has 1 heterocycles. The van der Waals surface area contributed by atoms with Crippen molar-refractivity contribution in [1.82, 2.24) is 0 Å². The van der Waals surface area contributed by atoms with Crippen molar-refractivity contribution < 1.29 is 23.5 Å². The number of Topliss-reactive ketones (excluding diaryl/α,β-unsaturated/α-hetero) is 1. The van der Waals surface area contributed by atoms with Gasteiger partial charge in [-0.2, -0.15) is 20.5 Å². The van der Waals surface area contributed by atoms with Gasteiger partial charge in [-0.3, -0.25) is 4.79 Å². The third kappa shape index (κ3) is 1.99. The lowest BCUT2D eigenvalue weighted by atomic mass is 10.1. The molecule has 0 aliphatic carbocycles. The summed E-state index contributed by atoms with van der Waals surface area (Å²) in [6.45, 7) is 0. The van der Waals surface area contributed by atoms with Crippen molar-refractivity contribution in [2.45, 2.75) is 24.0 Å². The maximum atomic E-state index is 12.6. The monoisotopic (exact) mass is 210 g/mol. The summed E-state index contributed by atoms with van der Waals surface area (Å²) in [6.07, 6.45) is 1.04. The van der Waals surface area contributed by atoms with Crippen molar-refractivity contribution in [2.24, 2.45) is 0 Å². The SMILES string of the molecule is O=C(O)C(F)(F)C(=O)C1CCCS1. The van der Waals surface area contributed by atoms with E-state index in [2.05, 4.69) is 0 Å². The van der Waals surface area contributed by atoms with Crippen molar-refractivity contribution >= 4 is 23.5 Å². The Kier molecular flexibility index (Phi) is 2.90. The van der Waals surface area contributed by atoms with E-state index in [1.54, 1.807) is 0 Å². The van der Waals surface area contributed by atoms with Gasteiger partial charge in [0.1, 0.15) is 0 Å². The summed E-state index contributed by atoms with van der Waals surface area (Å²) in [5, 5.41) is 7.25. The van der Waals surface area contributed by atoms with Gasteiger partial charge in [0.05, 0.1) is 5.25 Å². The second kappa shape index (κ2) is 3.61. The Balaban J connectivity index is 2.70. The van der Waals surface area contributed by atoms with Gasteiger partial charge >= 0.3 is 11.9 Å². The first-order chi connectivity index (χ1) is 5.96. The summed E-state index contributed by atoms with van der Waals surface area (Å²) < 4.78 is 25.3. The number of aliphatic carboxylic acids is 1. The fourth-order valence-electron chi connectivity index (χ4n) is 1.09. The summed E-state index contributed by atoms with van der Waals surface area (Å²) in [5.41, 5.74) is 0. The van der Waals surface area contributed by atoms with E-state index in [1.165, 1.54) is 0 Å². The zero-order valence-electron chi connectivity index (χ0n) is 6.63. The van der Waals surface area contributed by atoms with E-state index in [1.807, 2.05) is 0 Å². The fourth-order valence-corrected chi connectivity index (χ4v) is 2.34. The molecule has 1 aliphatic rings. The number of carboxylic acids is 1. The number of carbonyl (C=O) groups excluding carboxylic acids is 1. The number of alkyl halides is 2. The summed E-state index contributed by atoms with van der Waals surface area (Å²) in [6, 6.07) is 0. The van der Waals surface area contributed by atoms with Crippen LogP contribution in [0.1, 0.15) is 12.8 Å². The molecule has 1 saturated heterocycles. The molecule has 1 aliphatic heterocycles. The second-order valence-corrected chi connectivity index (χ2v) is 4.06. The van der Waals surface area contributed by atoms with E-state index in [-0.39, 0.29) is 0 Å². The number of hydrogen-bond donors (Lipinski definition) is 1. The zero-order chi connectivity index (χ0) is 10.1. The highest BCUT2D eigenvalue weighted by Gasteiger charge is 2.50. The molecule has 1 N–H and O–H groups in total. The van der Waals surface area contributed by atoms with Crippen molar-refractivity contribution in [2.75, 3.05) is 5.75 Å². The van der Waals surface area contributed by atoms with Gasteiger partial charge < -0.3 is 5.11 Å². The molecule has 0 aromatic heterocycles. The number of thioether (sulfide) groups is 1. The molecular formula is C7H8F2O3S. The van der Waals surface area contributed by atoms with Crippen molar-refractivity contribution in [1.29, 1.82) is 0 Å². The van der Waals surface area contributed by atoms with Gasteiger partial charge in [-0.05, 0) is 18.6 Å². The lowest BCUT2D eigenvalue weighted by Crippen LogP contribution is -2.42. The van der Waals surface area contributed by atoms with Crippen LogP contribution in [0.3, 0.4) is 0 Å². The van der Waals surface area contributed by atoms with Crippen molar-refractivity contribution in [3.8, 4) is 0 Å². The van der Waals surface area contributed by atoms with Crippen LogP contribution in [0.5, 0.6) is 0 Å².